The summed E-state index contributed by atoms with van der Waals surface area (Å²) in [4.78, 5) is 12.3. The van der Waals surface area contributed by atoms with Crippen molar-refractivity contribution >= 4 is 23.5 Å². The van der Waals surface area contributed by atoms with Crippen molar-refractivity contribution in [1.82, 2.24) is 24.7 Å². The van der Waals surface area contributed by atoms with E-state index >= 15 is 0 Å². The molecule has 0 fully saturated rings. The van der Waals surface area contributed by atoms with E-state index in [0.717, 1.165) is 16.7 Å². The van der Waals surface area contributed by atoms with Crippen molar-refractivity contribution in [3.05, 3.63) is 12.4 Å². The highest BCUT2D eigenvalue weighted by molar-refractivity contribution is 7.99. The number of hydrogen-bond acceptors (Lipinski definition) is 7. The molecule has 90 valence electrons. The zero-order chi connectivity index (χ0) is 12.3. The maximum absolute atomic E-state index is 5.64. The number of nitrogens with one attached hydrogen (secondary N) is 1. The first-order valence-corrected chi connectivity index (χ1v) is 5.91. The first-order valence-electron chi connectivity index (χ1n) is 5.09. The summed E-state index contributed by atoms with van der Waals surface area (Å²) in [5.41, 5.74) is 5.64. The highest BCUT2D eigenvalue weighted by atomic mass is 32.2. The lowest BCUT2D eigenvalue weighted by atomic mass is 10.5. The quantitative estimate of drug-likeness (QED) is 0.775. The summed E-state index contributed by atoms with van der Waals surface area (Å²) in [6, 6.07) is 1.83. The van der Waals surface area contributed by atoms with E-state index in [4.69, 9.17) is 5.73 Å². The molecule has 7 nitrogen and oxygen atoms in total. The van der Waals surface area contributed by atoms with E-state index in [1.54, 1.807) is 4.68 Å². The number of rotatable bonds is 4. The SMILES string of the molecule is CCNc1cc(Sc2ncnn2C)nc(N)n1. The number of anilines is 2. The maximum Gasteiger partial charge on any atom is 0.223 e. The normalized spacial score (nSPS) is 10.5. The minimum Gasteiger partial charge on any atom is -0.370 e. The van der Waals surface area contributed by atoms with E-state index in [0.29, 0.717) is 5.82 Å². The van der Waals surface area contributed by atoms with Gasteiger partial charge in [0.1, 0.15) is 17.2 Å². The van der Waals surface area contributed by atoms with Gasteiger partial charge in [0.05, 0.1) is 0 Å². The topological polar surface area (TPSA) is 94.5 Å². The van der Waals surface area contributed by atoms with Crippen LogP contribution in [0.5, 0.6) is 0 Å². The molecule has 0 radical (unpaired) electrons. The number of aryl methyl sites for hydroxylation is 1. The van der Waals surface area contributed by atoms with E-state index in [1.165, 1.54) is 18.1 Å². The second-order valence-electron chi connectivity index (χ2n) is 3.25. The Morgan fingerprint density at radius 1 is 1.47 bits per heavy atom. The predicted molar refractivity (Wildman–Crippen MR) is 65.7 cm³/mol. The summed E-state index contributed by atoms with van der Waals surface area (Å²) in [5.74, 6) is 0.956. The average molecular weight is 251 g/mol. The van der Waals surface area contributed by atoms with E-state index in [-0.39, 0.29) is 5.95 Å². The van der Waals surface area contributed by atoms with E-state index < -0.39 is 0 Å². The van der Waals surface area contributed by atoms with Crippen LogP contribution in [0, 0.1) is 0 Å². The standard InChI is InChI=1S/C9H13N7S/c1-3-11-6-4-7(15-8(10)14-6)17-9-12-5-13-16(9)2/h4-5H,3H2,1-2H3,(H3,10,11,14,15). The van der Waals surface area contributed by atoms with Gasteiger partial charge in [-0.05, 0) is 18.7 Å². The molecule has 0 amide bonds. The second kappa shape index (κ2) is 5.00. The molecule has 0 aliphatic heterocycles. The van der Waals surface area contributed by atoms with Gasteiger partial charge in [-0.15, -0.1) is 0 Å². The zero-order valence-corrected chi connectivity index (χ0v) is 10.4. The fraction of sp³-hybridized carbons (Fsp3) is 0.333. The van der Waals surface area contributed by atoms with Crippen LogP contribution >= 0.6 is 11.8 Å². The molecule has 0 unspecified atom stereocenters. The van der Waals surface area contributed by atoms with E-state index in [1.807, 2.05) is 20.0 Å². The Bertz CT molecular complexity index is 510. The lowest BCUT2D eigenvalue weighted by Crippen LogP contribution is -2.04. The Kier molecular flexibility index (Phi) is 3.43. The number of hydrogen-bond donors (Lipinski definition) is 2. The Morgan fingerprint density at radius 2 is 2.29 bits per heavy atom. The van der Waals surface area contributed by atoms with Crippen LogP contribution in [-0.2, 0) is 7.05 Å². The first kappa shape index (κ1) is 11.6. The van der Waals surface area contributed by atoms with Crippen LogP contribution in [0.2, 0.25) is 0 Å². The second-order valence-corrected chi connectivity index (χ2v) is 4.24. The third-order valence-electron chi connectivity index (χ3n) is 1.94. The molecule has 0 spiro atoms. The van der Waals surface area contributed by atoms with Gasteiger partial charge in [0.25, 0.3) is 0 Å². The molecule has 0 aromatic carbocycles. The van der Waals surface area contributed by atoms with Crippen LogP contribution in [-0.4, -0.2) is 31.3 Å². The molecule has 0 atom stereocenters. The van der Waals surface area contributed by atoms with Crippen LogP contribution in [0.1, 0.15) is 6.92 Å². The fourth-order valence-electron chi connectivity index (χ4n) is 1.24. The molecule has 0 saturated carbocycles. The third-order valence-corrected chi connectivity index (χ3v) is 2.91. The van der Waals surface area contributed by atoms with Gasteiger partial charge in [-0.1, -0.05) is 0 Å². The molecular formula is C9H13N7S. The highest BCUT2D eigenvalue weighted by Crippen LogP contribution is 2.25. The molecule has 2 aromatic heterocycles. The average Bonchev–Trinajstić information content (AvgIpc) is 2.64. The lowest BCUT2D eigenvalue weighted by Gasteiger charge is -2.05. The minimum atomic E-state index is 0.244. The first-order chi connectivity index (χ1) is 8.19. The van der Waals surface area contributed by atoms with Gasteiger partial charge in [0, 0.05) is 19.7 Å². The van der Waals surface area contributed by atoms with Gasteiger partial charge in [-0.2, -0.15) is 10.1 Å². The van der Waals surface area contributed by atoms with Crippen molar-refractivity contribution in [2.45, 2.75) is 17.1 Å². The van der Waals surface area contributed by atoms with Crippen molar-refractivity contribution < 1.29 is 0 Å². The Labute approximate surface area is 103 Å². The van der Waals surface area contributed by atoms with Crippen LogP contribution in [0.15, 0.2) is 22.6 Å². The number of nitrogens with zero attached hydrogens (tertiary/aromatic N) is 5. The zero-order valence-electron chi connectivity index (χ0n) is 9.58. The molecule has 3 N–H and O–H groups in total. The van der Waals surface area contributed by atoms with Crippen molar-refractivity contribution in [3.8, 4) is 0 Å². The van der Waals surface area contributed by atoms with Crippen molar-refractivity contribution in [1.29, 1.82) is 0 Å². The molecule has 17 heavy (non-hydrogen) atoms. The summed E-state index contributed by atoms with van der Waals surface area (Å²) in [6.07, 6.45) is 1.50. The summed E-state index contributed by atoms with van der Waals surface area (Å²) in [5, 5.41) is 8.58. The molecule has 0 aliphatic rings. The van der Waals surface area contributed by atoms with Crippen LogP contribution in [0.4, 0.5) is 11.8 Å². The van der Waals surface area contributed by atoms with Crippen LogP contribution in [0.3, 0.4) is 0 Å². The van der Waals surface area contributed by atoms with E-state index in [2.05, 4.69) is 25.4 Å². The van der Waals surface area contributed by atoms with Crippen LogP contribution in [0.25, 0.3) is 0 Å². The lowest BCUT2D eigenvalue weighted by molar-refractivity contribution is 0.684. The van der Waals surface area contributed by atoms with Gasteiger partial charge in [-0.25, -0.2) is 14.6 Å². The third kappa shape index (κ3) is 2.84. The molecular weight excluding hydrogens is 238 g/mol. The smallest absolute Gasteiger partial charge is 0.223 e. The van der Waals surface area contributed by atoms with Gasteiger partial charge in [-0.3, -0.25) is 0 Å². The largest absolute Gasteiger partial charge is 0.370 e. The molecule has 0 saturated heterocycles. The number of nitrogen functional groups attached to an aromatic ring is 1. The molecule has 2 aromatic rings. The highest BCUT2D eigenvalue weighted by Gasteiger charge is 2.07. The number of nitrogens with two attached hydrogens (primary N) is 1. The predicted octanol–water partition coefficient (Wildman–Crippen LogP) is 0.770. The summed E-state index contributed by atoms with van der Waals surface area (Å²) < 4.78 is 1.68. The van der Waals surface area contributed by atoms with Gasteiger partial charge < -0.3 is 11.1 Å². The van der Waals surface area contributed by atoms with Crippen LogP contribution < -0.4 is 11.1 Å². The maximum atomic E-state index is 5.64. The summed E-state index contributed by atoms with van der Waals surface area (Å²) in [6.45, 7) is 2.78. The Hall–Kier alpha value is -1.83. The molecule has 0 bridgehead atoms. The van der Waals surface area contributed by atoms with Crippen molar-refractivity contribution in [3.63, 3.8) is 0 Å². The van der Waals surface area contributed by atoms with Crippen molar-refractivity contribution in [2.24, 2.45) is 7.05 Å². The molecule has 8 heteroatoms. The fourth-order valence-corrected chi connectivity index (χ4v) is 2.01. The van der Waals surface area contributed by atoms with Gasteiger partial charge in [0.2, 0.25) is 5.95 Å². The molecule has 0 aliphatic carbocycles. The summed E-state index contributed by atoms with van der Waals surface area (Å²) >= 11 is 1.39. The minimum absolute atomic E-state index is 0.244. The number of aromatic nitrogens is 5. The molecule has 2 rings (SSSR count). The van der Waals surface area contributed by atoms with Gasteiger partial charge >= 0.3 is 0 Å². The monoisotopic (exact) mass is 251 g/mol. The Morgan fingerprint density at radius 3 is 2.94 bits per heavy atom. The summed E-state index contributed by atoms with van der Waals surface area (Å²) in [7, 11) is 1.82. The van der Waals surface area contributed by atoms with Crippen molar-refractivity contribution in [2.75, 3.05) is 17.6 Å². The van der Waals surface area contributed by atoms with Gasteiger partial charge in [0.15, 0.2) is 5.16 Å². The Balaban J connectivity index is 2.23. The molecule has 2 heterocycles. The van der Waals surface area contributed by atoms with E-state index in [9.17, 15) is 0 Å².